The number of piperidine rings is 1. The number of carbonyl (C=O) groups excluding carboxylic acids is 3. The summed E-state index contributed by atoms with van der Waals surface area (Å²) in [6.07, 6.45) is 3.58. The fourth-order valence-corrected chi connectivity index (χ4v) is 6.62. The maximum absolute atomic E-state index is 15.2. The molecule has 1 aliphatic carbocycles. The number of nitrogens with one attached hydrogen (secondary N) is 2. The topological polar surface area (TPSA) is 110 Å². The minimum absolute atomic E-state index is 0.0266. The molecule has 2 aliphatic rings. The van der Waals surface area contributed by atoms with Crippen LogP contribution in [-0.2, 0) is 14.3 Å². The lowest BCUT2D eigenvalue weighted by Crippen LogP contribution is -2.41. The molecule has 0 atom stereocenters. The molecular weight excluding hydrogens is 614 g/mol. The number of aromatic nitrogens is 1. The second-order valence-electron chi connectivity index (χ2n) is 12.7. The van der Waals surface area contributed by atoms with Crippen LogP contribution in [0.1, 0.15) is 57.2 Å². The zero-order valence-electron chi connectivity index (χ0n) is 25.7. The van der Waals surface area contributed by atoms with E-state index in [1.165, 1.54) is 36.4 Å². The molecule has 3 amide bonds. The second kappa shape index (κ2) is 12.3. The van der Waals surface area contributed by atoms with Crippen LogP contribution in [-0.4, -0.2) is 46.5 Å². The van der Waals surface area contributed by atoms with Crippen LogP contribution in [0.3, 0.4) is 0 Å². The number of hydrogen-bond donors (Lipinski definition) is 2. The smallest absolute Gasteiger partial charge is 0.410 e. The zero-order valence-corrected chi connectivity index (χ0v) is 26.5. The van der Waals surface area contributed by atoms with Crippen LogP contribution in [0.5, 0.6) is 11.5 Å². The number of ether oxygens (including phenoxy) is 2. The molecular formula is C34H34F2N4O5S. The summed E-state index contributed by atoms with van der Waals surface area (Å²) in [6, 6.07) is 13.1. The van der Waals surface area contributed by atoms with Gasteiger partial charge in [0.15, 0.2) is 11.6 Å². The number of rotatable bonds is 7. The quantitative estimate of drug-likeness (QED) is 0.198. The van der Waals surface area contributed by atoms with E-state index in [-0.39, 0.29) is 23.4 Å². The van der Waals surface area contributed by atoms with E-state index in [2.05, 4.69) is 15.6 Å². The summed E-state index contributed by atoms with van der Waals surface area (Å²) in [6.45, 7) is 6.75. The van der Waals surface area contributed by atoms with E-state index < -0.39 is 34.5 Å². The third-order valence-corrected chi connectivity index (χ3v) is 9.38. The second-order valence-corrected chi connectivity index (χ2v) is 13.7. The van der Waals surface area contributed by atoms with E-state index in [1.54, 1.807) is 28.5 Å². The Balaban J connectivity index is 1.10. The van der Waals surface area contributed by atoms with Crippen LogP contribution < -0.4 is 15.4 Å². The molecule has 4 aromatic rings. The van der Waals surface area contributed by atoms with Crippen LogP contribution in [0, 0.1) is 17.0 Å². The minimum atomic E-state index is -1.27. The predicted molar refractivity (Wildman–Crippen MR) is 171 cm³/mol. The normalized spacial score (nSPS) is 16.2. The number of amides is 3. The Hall–Kier alpha value is -4.58. The van der Waals surface area contributed by atoms with Gasteiger partial charge in [0.1, 0.15) is 22.6 Å². The molecule has 0 bridgehead atoms. The fraction of sp³-hybridized carbons (Fsp3) is 0.353. The van der Waals surface area contributed by atoms with E-state index in [4.69, 9.17) is 9.47 Å². The first-order valence-corrected chi connectivity index (χ1v) is 15.9. The third-order valence-electron chi connectivity index (χ3n) is 8.07. The van der Waals surface area contributed by atoms with Gasteiger partial charge in [-0.2, -0.15) is 0 Å². The lowest BCUT2D eigenvalue weighted by molar-refractivity contribution is -0.131. The summed E-state index contributed by atoms with van der Waals surface area (Å²) in [4.78, 5) is 45.7. The van der Waals surface area contributed by atoms with Crippen molar-refractivity contribution in [3.8, 4) is 11.5 Å². The van der Waals surface area contributed by atoms with Crippen molar-refractivity contribution in [1.29, 1.82) is 0 Å². The molecule has 2 fully saturated rings. The molecule has 0 spiro atoms. The molecule has 1 saturated carbocycles. The summed E-state index contributed by atoms with van der Waals surface area (Å²) in [5.74, 6) is -1.48. The van der Waals surface area contributed by atoms with Crippen molar-refractivity contribution in [2.24, 2.45) is 5.41 Å². The van der Waals surface area contributed by atoms with Gasteiger partial charge in [0.2, 0.25) is 11.8 Å². The SMILES string of the molecule is CC(C)(C)OC(=O)N1CCC(c2cc3nccc(Oc4ccc(NC(=O)C5(C(=O)Nc6ccc(F)cc6)CC5)cc4F)c3s2)CC1. The lowest BCUT2D eigenvalue weighted by Gasteiger charge is -2.33. The molecule has 2 aromatic heterocycles. The number of nitrogens with zero attached hydrogens (tertiary/aromatic N) is 2. The molecule has 0 radical (unpaired) electrons. The van der Waals surface area contributed by atoms with Crippen molar-refractivity contribution >= 4 is 50.8 Å². The summed E-state index contributed by atoms with van der Waals surface area (Å²) in [5.41, 5.74) is -0.507. The van der Waals surface area contributed by atoms with Crippen molar-refractivity contribution in [1.82, 2.24) is 9.88 Å². The van der Waals surface area contributed by atoms with Crippen molar-refractivity contribution in [3.05, 3.63) is 77.3 Å². The summed E-state index contributed by atoms with van der Waals surface area (Å²) >= 11 is 1.54. The Morgan fingerprint density at radius 1 is 0.913 bits per heavy atom. The van der Waals surface area contributed by atoms with E-state index in [1.807, 2.05) is 26.8 Å². The highest BCUT2D eigenvalue weighted by Crippen LogP contribution is 2.48. The van der Waals surface area contributed by atoms with Crippen LogP contribution in [0.25, 0.3) is 10.2 Å². The highest BCUT2D eigenvalue weighted by molar-refractivity contribution is 7.19. The number of likely N-dealkylation sites (tertiary alicyclic amines) is 1. The Labute approximate surface area is 268 Å². The Morgan fingerprint density at radius 3 is 2.20 bits per heavy atom. The van der Waals surface area contributed by atoms with Crippen molar-refractivity contribution in [3.63, 3.8) is 0 Å². The molecule has 3 heterocycles. The van der Waals surface area contributed by atoms with E-state index in [0.717, 1.165) is 34.0 Å². The molecule has 46 heavy (non-hydrogen) atoms. The minimum Gasteiger partial charge on any atom is -0.453 e. The summed E-state index contributed by atoms with van der Waals surface area (Å²) < 4.78 is 40.7. The van der Waals surface area contributed by atoms with Gasteiger partial charge in [-0.05, 0) is 94.8 Å². The number of anilines is 2. The molecule has 2 aromatic carbocycles. The van der Waals surface area contributed by atoms with Crippen molar-refractivity contribution in [2.75, 3.05) is 23.7 Å². The number of benzene rings is 2. The molecule has 12 heteroatoms. The standard InChI is InChI=1S/C34H34F2N4O5S/c1-33(2,3)45-32(43)40-16-11-20(12-17-40)28-19-25-29(46-28)27(10-15-37-25)44-26-9-8-23(18-24(26)36)39-31(42)34(13-14-34)30(41)38-22-6-4-21(35)5-7-22/h4-10,15,18-20H,11-14,16-17H2,1-3H3,(H,38,41)(H,39,42). The average Bonchev–Trinajstić information content (AvgIpc) is 3.71. The number of fused-ring (bicyclic) bond motifs is 1. The van der Waals surface area contributed by atoms with Gasteiger partial charge in [-0.3, -0.25) is 14.6 Å². The van der Waals surface area contributed by atoms with Gasteiger partial charge < -0.3 is 25.0 Å². The fourth-order valence-electron chi connectivity index (χ4n) is 5.38. The Kier molecular flexibility index (Phi) is 8.41. The van der Waals surface area contributed by atoms with Crippen molar-refractivity contribution < 1.29 is 32.6 Å². The van der Waals surface area contributed by atoms with E-state index >= 15 is 4.39 Å². The lowest BCUT2D eigenvalue weighted by atomic mass is 9.95. The average molecular weight is 649 g/mol. The number of pyridine rings is 1. The highest BCUT2D eigenvalue weighted by Gasteiger charge is 2.56. The zero-order chi connectivity index (χ0) is 32.6. The first-order chi connectivity index (χ1) is 21.9. The molecule has 240 valence electrons. The van der Waals surface area contributed by atoms with Crippen LogP contribution in [0.4, 0.5) is 25.0 Å². The third kappa shape index (κ3) is 6.81. The molecule has 0 unspecified atom stereocenters. The van der Waals surface area contributed by atoms with Crippen LogP contribution >= 0.6 is 11.3 Å². The number of carbonyl (C=O) groups is 3. The van der Waals surface area contributed by atoms with Gasteiger partial charge in [-0.1, -0.05) is 0 Å². The summed E-state index contributed by atoms with van der Waals surface area (Å²) in [7, 11) is 0. The van der Waals surface area contributed by atoms with Gasteiger partial charge in [-0.15, -0.1) is 11.3 Å². The van der Waals surface area contributed by atoms with E-state index in [0.29, 0.717) is 37.4 Å². The molecule has 2 N–H and O–H groups in total. The van der Waals surface area contributed by atoms with Gasteiger partial charge in [0.25, 0.3) is 0 Å². The molecule has 9 nitrogen and oxygen atoms in total. The van der Waals surface area contributed by atoms with E-state index in [9.17, 15) is 18.8 Å². The van der Waals surface area contributed by atoms with Crippen LogP contribution in [0.15, 0.2) is 60.8 Å². The predicted octanol–water partition coefficient (Wildman–Crippen LogP) is 7.84. The molecule has 6 rings (SSSR count). The van der Waals surface area contributed by atoms with Gasteiger partial charge in [0.05, 0.1) is 10.2 Å². The monoisotopic (exact) mass is 648 g/mol. The number of thiophene rings is 1. The van der Waals surface area contributed by atoms with Gasteiger partial charge in [-0.25, -0.2) is 13.6 Å². The maximum atomic E-state index is 15.2. The highest BCUT2D eigenvalue weighted by atomic mass is 32.1. The number of halogens is 2. The van der Waals surface area contributed by atoms with Gasteiger partial charge >= 0.3 is 6.09 Å². The largest absolute Gasteiger partial charge is 0.453 e. The Bertz CT molecular complexity index is 1790. The summed E-state index contributed by atoms with van der Waals surface area (Å²) in [5, 5.41) is 5.30. The maximum Gasteiger partial charge on any atom is 0.410 e. The molecule has 1 saturated heterocycles. The van der Waals surface area contributed by atoms with Crippen molar-refractivity contribution in [2.45, 2.75) is 58.0 Å². The Morgan fingerprint density at radius 2 is 1.57 bits per heavy atom. The first kappa shape index (κ1) is 31.4. The van der Waals surface area contributed by atoms with Gasteiger partial charge in [0, 0.05) is 47.7 Å². The first-order valence-electron chi connectivity index (χ1n) is 15.1. The molecule has 1 aliphatic heterocycles. The number of hydrogen-bond acceptors (Lipinski definition) is 7. The van der Waals surface area contributed by atoms with Crippen LogP contribution in [0.2, 0.25) is 0 Å².